The number of phosphoric ester groups is 1. The lowest BCUT2D eigenvalue weighted by Gasteiger charge is -2.21. The first kappa shape index (κ1) is 62.5. The summed E-state index contributed by atoms with van der Waals surface area (Å²) in [5, 5.41) is 9.77. The molecule has 0 heterocycles. The molecule has 3 unspecified atom stereocenters. The molecule has 0 aliphatic rings. The number of phosphoric acid groups is 1. The van der Waals surface area contributed by atoms with Gasteiger partial charge in [-0.2, -0.15) is 0 Å². The maximum Gasteiger partial charge on any atom is 0.472 e. The Hall–Kier alpha value is -1.52. The van der Waals surface area contributed by atoms with Crippen molar-refractivity contribution in [1.82, 2.24) is 0 Å². The number of esters is 3. The fourth-order valence-electron chi connectivity index (χ4n) is 7.89. The summed E-state index contributed by atoms with van der Waals surface area (Å²) < 4.78 is 39.3. The first-order valence-electron chi connectivity index (χ1n) is 26.9. The van der Waals surface area contributed by atoms with Crippen molar-refractivity contribution < 1.29 is 52.2 Å². The van der Waals surface area contributed by atoms with Gasteiger partial charge in [0.15, 0.2) is 6.10 Å². The van der Waals surface area contributed by atoms with Gasteiger partial charge in [-0.05, 0) is 19.3 Å². The van der Waals surface area contributed by atoms with Crippen LogP contribution in [0.1, 0.15) is 278 Å². The van der Waals surface area contributed by atoms with E-state index in [1.54, 1.807) is 0 Å². The first-order chi connectivity index (χ1) is 31.2. The van der Waals surface area contributed by atoms with Crippen LogP contribution in [0.15, 0.2) is 0 Å². The van der Waals surface area contributed by atoms with E-state index in [2.05, 4.69) is 20.8 Å². The monoisotopic (exact) mass is 933 g/mol. The maximum atomic E-state index is 12.8. The van der Waals surface area contributed by atoms with E-state index in [1.165, 1.54) is 161 Å². The smallest absolute Gasteiger partial charge is 0.462 e. The van der Waals surface area contributed by atoms with E-state index < -0.39 is 57.8 Å². The topological polar surface area (TPSA) is 155 Å². The number of ether oxygens (including phenoxy) is 3. The Bertz CT molecular complexity index is 1090. The van der Waals surface area contributed by atoms with E-state index in [1.807, 2.05) is 0 Å². The number of hydrogen-bond acceptors (Lipinski definition) is 10. The lowest BCUT2D eigenvalue weighted by molar-refractivity contribution is -0.161. The highest BCUT2D eigenvalue weighted by Crippen LogP contribution is 2.43. The molecule has 0 aromatic heterocycles. The average molecular weight is 933 g/mol. The largest absolute Gasteiger partial charge is 0.472 e. The Morgan fingerprint density at radius 2 is 0.625 bits per heavy atom. The SMILES string of the molecule is CCCCCCCCCCCCCCCCCC(=O)OC(COC(=O)CCCCCCCCCCC)COP(=O)(O)OCC(CO)OC(=O)CCCCCCCCCCCCCCC. The number of aliphatic hydroxyl groups excluding tert-OH is 1. The van der Waals surface area contributed by atoms with Crippen molar-refractivity contribution in [2.24, 2.45) is 0 Å². The second kappa shape index (κ2) is 48.0. The number of hydrogen-bond donors (Lipinski definition) is 2. The van der Waals surface area contributed by atoms with E-state index in [-0.39, 0.29) is 25.9 Å². The van der Waals surface area contributed by atoms with E-state index in [0.29, 0.717) is 19.3 Å². The van der Waals surface area contributed by atoms with E-state index >= 15 is 0 Å². The van der Waals surface area contributed by atoms with Gasteiger partial charge in [0.25, 0.3) is 0 Å². The Morgan fingerprint density at radius 3 is 0.922 bits per heavy atom. The third kappa shape index (κ3) is 45.6. The van der Waals surface area contributed by atoms with Gasteiger partial charge in [-0.15, -0.1) is 0 Å². The average Bonchev–Trinajstić information content (AvgIpc) is 3.28. The van der Waals surface area contributed by atoms with Gasteiger partial charge in [0.1, 0.15) is 12.7 Å². The summed E-state index contributed by atoms with van der Waals surface area (Å²) >= 11 is 0. The number of aliphatic hydroxyl groups is 1. The molecule has 0 aliphatic heterocycles. The fraction of sp³-hybridized carbons (Fsp3) is 0.942. The molecule has 0 saturated carbocycles. The highest BCUT2D eigenvalue weighted by molar-refractivity contribution is 7.47. The van der Waals surface area contributed by atoms with E-state index in [0.717, 1.165) is 57.8 Å². The summed E-state index contributed by atoms with van der Waals surface area (Å²) in [5.74, 6) is -1.44. The quantitative estimate of drug-likeness (QED) is 0.0259. The van der Waals surface area contributed by atoms with Crippen molar-refractivity contribution >= 4 is 25.7 Å². The van der Waals surface area contributed by atoms with Gasteiger partial charge in [0.05, 0.1) is 19.8 Å². The van der Waals surface area contributed by atoms with Crippen LogP contribution in [0.4, 0.5) is 0 Å². The number of carbonyl (C=O) groups excluding carboxylic acids is 3. The molecule has 380 valence electrons. The van der Waals surface area contributed by atoms with Crippen LogP contribution in [0.25, 0.3) is 0 Å². The normalized spacial score (nSPS) is 13.4. The molecular formula is C52H101O11P. The van der Waals surface area contributed by atoms with E-state index in [9.17, 15) is 28.9 Å². The first-order valence-corrected chi connectivity index (χ1v) is 28.4. The standard InChI is InChI=1S/C52H101O11P/c1-4-7-10-13-16-19-21-23-24-26-28-31-34-37-40-43-52(56)63-49(45-59-50(54)41-38-35-32-29-18-15-12-9-6-3)47-61-64(57,58)60-46-48(44-53)62-51(55)42-39-36-33-30-27-25-22-20-17-14-11-8-5-2/h48-49,53H,4-47H2,1-3H3,(H,57,58). The molecule has 0 saturated heterocycles. The van der Waals surface area contributed by atoms with Gasteiger partial charge >= 0.3 is 25.7 Å². The Labute approximate surface area is 393 Å². The second-order valence-electron chi connectivity index (χ2n) is 18.4. The van der Waals surface area contributed by atoms with Gasteiger partial charge < -0.3 is 24.2 Å². The molecule has 0 amide bonds. The molecule has 11 nitrogen and oxygen atoms in total. The minimum Gasteiger partial charge on any atom is -0.462 e. The van der Waals surface area contributed by atoms with Crippen molar-refractivity contribution in [1.29, 1.82) is 0 Å². The predicted octanol–water partition coefficient (Wildman–Crippen LogP) is 15.1. The van der Waals surface area contributed by atoms with Crippen LogP contribution in [0, 0.1) is 0 Å². The Kier molecular flexibility index (Phi) is 46.8. The molecule has 64 heavy (non-hydrogen) atoms. The molecule has 3 atom stereocenters. The number of rotatable bonds is 51. The van der Waals surface area contributed by atoms with Crippen LogP contribution >= 0.6 is 7.82 Å². The second-order valence-corrected chi connectivity index (χ2v) is 19.9. The molecule has 0 aromatic rings. The molecule has 0 radical (unpaired) electrons. The molecule has 12 heteroatoms. The van der Waals surface area contributed by atoms with Crippen LogP contribution < -0.4 is 0 Å². The molecule has 0 rings (SSSR count). The Balaban J connectivity index is 4.63. The van der Waals surface area contributed by atoms with Crippen LogP contribution in [0.2, 0.25) is 0 Å². The molecule has 0 fully saturated rings. The summed E-state index contributed by atoms with van der Waals surface area (Å²) in [5.41, 5.74) is 0. The Morgan fingerprint density at radius 1 is 0.375 bits per heavy atom. The van der Waals surface area contributed by atoms with Gasteiger partial charge in [-0.3, -0.25) is 23.4 Å². The van der Waals surface area contributed by atoms with E-state index in [4.69, 9.17) is 23.3 Å². The zero-order valence-corrected chi connectivity index (χ0v) is 42.7. The van der Waals surface area contributed by atoms with Gasteiger partial charge in [0, 0.05) is 19.3 Å². The van der Waals surface area contributed by atoms with Crippen LogP contribution in [0.3, 0.4) is 0 Å². The van der Waals surface area contributed by atoms with Crippen molar-refractivity contribution in [3.05, 3.63) is 0 Å². The number of unbranched alkanes of at least 4 members (excludes halogenated alkanes) is 34. The molecule has 0 aromatic carbocycles. The molecule has 0 aliphatic carbocycles. The van der Waals surface area contributed by atoms with Crippen molar-refractivity contribution in [3.8, 4) is 0 Å². The molecular weight excluding hydrogens is 832 g/mol. The number of carbonyl (C=O) groups is 3. The highest BCUT2D eigenvalue weighted by Gasteiger charge is 2.28. The molecule has 2 N–H and O–H groups in total. The summed E-state index contributed by atoms with van der Waals surface area (Å²) in [6.45, 7) is 4.66. The lowest BCUT2D eigenvalue weighted by Crippen LogP contribution is -2.30. The summed E-state index contributed by atoms with van der Waals surface area (Å²) in [7, 11) is -4.72. The van der Waals surface area contributed by atoms with Crippen molar-refractivity contribution in [3.63, 3.8) is 0 Å². The third-order valence-corrected chi connectivity index (χ3v) is 13.0. The maximum absolute atomic E-state index is 12.8. The summed E-state index contributed by atoms with van der Waals surface area (Å²) in [6, 6.07) is 0. The summed E-state index contributed by atoms with van der Waals surface area (Å²) in [6.07, 6.45) is 42.1. The minimum atomic E-state index is -4.72. The predicted molar refractivity (Wildman–Crippen MR) is 261 cm³/mol. The fourth-order valence-corrected chi connectivity index (χ4v) is 8.67. The van der Waals surface area contributed by atoms with Crippen LogP contribution in [-0.4, -0.2) is 66.5 Å². The molecule has 0 spiro atoms. The van der Waals surface area contributed by atoms with Gasteiger partial charge in [0.2, 0.25) is 0 Å². The van der Waals surface area contributed by atoms with Crippen molar-refractivity contribution in [2.45, 2.75) is 290 Å². The molecule has 0 bridgehead atoms. The zero-order valence-electron chi connectivity index (χ0n) is 41.8. The minimum absolute atomic E-state index is 0.178. The zero-order chi connectivity index (χ0) is 47.0. The summed E-state index contributed by atoms with van der Waals surface area (Å²) in [4.78, 5) is 48.2. The lowest BCUT2D eigenvalue weighted by atomic mass is 10.0. The van der Waals surface area contributed by atoms with Crippen LogP contribution in [-0.2, 0) is 42.2 Å². The highest BCUT2D eigenvalue weighted by atomic mass is 31.2. The third-order valence-electron chi connectivity index (χ3n) is 12.0. The van der Waals surface area contributed by atoms with Crippen molar-refractivity contribution in [2.75, 3.05) is 26.4 Å². The van der Waals surface area contributed by atoms with Gasteiger partial charge in [-0.1, -0.05) is 239 Å². The van der Waals surface area contributed by atoms with Crippen LogP contribution in [0.5, 0.6) is 0 Å². The van der Waals surface area contributed by atoms with Gasteiger partial charge in [-0.25, -0.2) is 4.57 Å².